The minimum atomic E-state index is -3.71. The van der Waals surface area contributed by atoms with Crippen molar-refractivity contribution in [2.24, 2.45) is 7.05 Å². The van der Waals surface area contributed by atoms with Crippen molar-refractivity contribution < 1.29 is 13.2 Å². The second-order valence-corrected chi connectivity index (χ2v) is 7.91. The summed E-state index contributed by atoms with van der Waals surface area (Å²) in [4.78, 5) is 16.4. The Balaban J connectivity index is 1.63. The van der Waals surface area contributed by atoms with Crippen molar-refractivity contribution in [1.82, 2.24) is 30.1 Å². The predicted octanol–water partition coefficient (Wildman–Crippen LogP) is -0.572. The minimum Gasteiger partial charge on any atom is -0.348 e. The van der Waals surface area contributed by atoms with Crippen molar-refractivity contribution in [1.29, 1.82) is 0 Å². The molecule has 0 spiro atoms. The highest BCUT2D eigenvalue weighted by atomic mass is 32.2. The highest BCUT2D eigenvalue weighted by Crippen LogP contribution is 2.12. The largest absolute Gasteiger partial charge is 0.348 e. The zero-order valence-electron chi connectivity index (χ0n) is 14.5. The van der Waals surface area contributed by atoms with E-state index in [9.17, 15) is 13.2 Å². The molecule has 2 heterocycles. The van der Waals surface area contributed by atoms with Crippen LogP contribution in [0.2, 0.25) is 0 Å². The number of hydrogen-bond donors (Lipinski definition) is 3. The Morgan fingerprint density at radius 3 is 2.96 bits per heavy atom. The maximum Gasteiger partial charge on any atom is 0.251 e. The van der Waals surface area contributed by atoms with E-state index in [1.165, 1.54) is 18.5 Å². The number of aryl methyl sites for hydroxylation is 1. The second-order valence-electron chi connectivity index (χ2n) is 6.14. The molecule has 1 amide bonds. The summed E-state index contributed by atoms with van der Waals surface area (Å²) < 4.78 is 29.1. The Labute approximate surface area is 152 Å². The summed E-state index contributed by atoms with van der Waals surface area (Å²) >= 11 is 0. The van der Waals surface area contributed by atoms with Crippen molar-refractivity contribution >= 4 is 15.9 Å². The summed E-state index contributed by atoms with van der Waals surface area (Å²) in [5, 5.41) is 10.0. The number of hydrogen-bond acceptors (Lipinski definition) is 6. The molecule has 26 heavy (non-hydrogen) atoms. The topological polar surface area (TPSA) is 118 Å². The number of rotatable bonds is 7. The van der Waals surface area contributed by atoms with E-state index < -0.39 is 10.0 Å². The van der Waals surface area contributed by atoms with Gasteiger partial charge in [0.05, 0.1) is 4.90 Å². The van der Waals surface area contributed by atoms with Crippen molar-refractivity contribution in [2.75, 3.05) is 19.6 Å². The maximum atomic E-state index is 12.5. The van der Waals surface area contributed by atoms with Gasteiger partial charge in [-0.1, -0.05) is 6.07 Å². The quantitative estimate of drug-likeness (QED) is 0.594. The van der Waals surface area contributed by atoms with E-state index >= 15 is 0 Å². The van der Waals surface area contributed by atoms with E-state index in [0.29, 0.717) is 17.8 Å². The lowest BCUT2D eigenvalue weighted by Crippen LogP contribution is -2.36. The fourth-order valence-electron chi connectivity index (χ4n) is 2.78. The monoisotopic (exact) mass is 378 g/mol. The van der Waals surface area contributed by atoms with Crippen LogP contribution < -0.4 is 15.4 Å². The second kappa shape index (κ2) is 7.94. The van der Waals surface area contributed by atoms with Gasteiger partial charge in [0.15, 0.2) is 0 Å². The Bertz CT molecular complexity index is 874. The van der Waals surface area contributed by atoms with Gasteiger partial charge in [0.1, 0.15) is 12.2 Å². The average Bonchev–Trinajstić information content (AvgIpc) is 3.27. The van der Waals surface area contributed by atoms with E-state index in [0.717, 1.165) is 19.5 Å². The normalized spacial score (nSPS) is 17.3. The molecule has 1 aliphatic rings. The third-order valence-electron chi connectivity index (χ3n) is 4.25. The van der Waals surface area contributed by atoms with Gasteiger partial charge in [0.25, 0.3) is 5.91 Å². The molecule has 140 valence electrons. The van der Waals surface area contributed by atoms with Gasteiger partial charge in [0.2, 0.25) is 10.0 Å². The molecule has 0 radical (unpaired) electrons. The van der Waals surface area contributed by atoms with Crippen LogP contribution in [-0.4, -0.2) is 54.8 Å². The van der Waals surface area contributed by atoms with Crippen LogP contribution in [0, 0.1) is 0 Å². The molecule has 0 bridgehead atoms. The summed E-state index contributed by atoms with van der Waals surface area (Å²) in [6.07, 6.45) is 2.71. The van der Waals surface area contributed by atoms with E-state index in [2.05, 4.69) is 25.4 Å². The molecule has 1 aromatic carbocycles. The van der Waals surface area contributed by atoms with Crippen LogP contribution in [-0.2, 0) is 23.5 Å². The Hall–Kier alpha value is -2.30. The summed E-state index contributed by atoms with van der Waals surface area (Å²) in [6.45, 7) is 1.79. The lowest BCUT2D eigenvalue weighted by Gasteiger charge is -2.12. The first-order valence-corrected chi connectivity index (χ1v) is 9.88. The number of nitrogens with zero attached hydrogens (tertiary/aromatic N) is 3. The molecule has 1 aromatic heterocycles. The van der Waals surface area contributed by atoms with Gasteiger partial charge >= 0.3 is 0 Å². The molecule has 0 unspecified atom stereocenters. The SMILES string of the molecule is Cn1ncnc1CCNS(=O)(=O)c1cccc(C(=O)N[C@H]2CCNC2)c1. The maximum absolute atomic E-state index is 12.5. The van der Waals surface area contributed by atoms with Crippen LogP contribution in [0.25, 0.3) is 0 Å². The fraction of sp³-hybridized carbons (Fsp3) is 0.438. The molecule has 3 N–H and O–H groups in total. The molecular formula is C16H22N6O3S. The number of nitrogens with one attached hydrogen (secondary N) is 3. The summed E-state index contributed by atoms with van der Waals surface area (Å²) in [5.41, 5.74) is 0.327. The molecule has 2 aromatic rings. The van der Waals surface area contributed by atoms with Gasteiger partial charge in [0, 0.05) is 38.2 Å². The van der Waals surface area contributed by atoms with Crippen LogP contribution in [0.1, 0.15) is 22.6 Å². The van der Waals surface area contributed by atoms with E-state index in [4.69, 9.17) is 0 Å². The molecule has 1 atom stereocenters. The minimum absolute atomic E-state index is 0.0627. The van der Waals surface area contributed by atoms with E-state index in [1.54, 1.807) is 23.9 Å². The first kappa shape index (κ1) is 18.5. The Morgan fingerprint density at radius 1 is 1.42 bits per heavy atom. The van der Waals surface area contributed by atoms with Crippen LogP contribution in [0.4, 0.5) is 0 Å². The Kier molecular flexibility index (Phi) is 5.64. The molecule has 1 fully saturated rings. The zero-order valence-corrected chi connectivity index (χ0v) is 15.3. The number of benzene rings is 1. The molecule has 3 rings (SSSR count). The highest BCUT2D eigenvalue weighted by molar-refractivity contribution is 7.89. The molecule has 0 aliphatic carbocycles. The van der Waals surface area contributed by atoms with E-state index in [-0.39, 0.29) is 23.4 Å². The van der Waals surface area contributed by atoms with Crippen LogP contribution in [0.5, 0.6) is 0 Å². The standard InChI is InChI=1S/C16H22N6O3S/c1-22-15(18-11-19-22)6-8-20-26(24,25)14-4-2-3-12(9-14)16(23)21-13-5-7-17-10-13/h2-4,9,11,13,17,20H,5-8,10H2,1H3,(H,21,23)/t13-/m0/s1. The third kappa shape index (κ3) is 4.45. The van der Waals surface area contributed by atoms with E-state index in [1.807, 2.05) is 0 Å². The van der Waals surface area contributed by atoms with Crippen molar-refractivity contribution in [3.8, 4) is 0 Å². The molecule has 0 saturated carbocycles. The van der Waals surface area contributed by atoms with Gasteiger partial charge in [-0.25, -0.2) is 18.1 Å². The number of carbonyl (C=O) groups excluding carboxylic acids is 1. The van der Waals surface area contributed by atoms with Crippen molar-refractivity contribution in [3.63, 3.8) is 0 Å². The van der Waals surface area contributed by atoms with Gasteiger partial charge in [-0.15, -0.1) is 0 Å². The highest BCUT2D eigenvalue weighted by Gasteiger charge is 2.20. The van der Waals surface area contributed by atoms with Gasteiger partial charge in [-0.3, -0.25) is 9.48 Å². The molecule has 1 aliphatic heterocycles. The van der Waals surface area contributed by atoms with Gasteiger partial charge in [-0.05, 0) is 31.2 Å². The van der Waals surface area contributed by atoms with Gasteiger partial charge < -0.3 is 10.6 Å². The summed E-state index contributed by atoms with van der Waals surface area (Å²) in [5.74, 6) is 0.417. The van der Waals surface area contributed by atoms with Crippen LogP contribution in [0.3, 0.4) is 0 Å². The lowest BCUT2D eigenvalue weighted by molar-refractivity contribution is 0.0940. The molecule has 10 heteroatoms. The number of sulfonamides is 1. The number of amides is 1. The Morgan fingerprint density at radius 2 is 2.27 bits per heavy atom. The smallest absolute Gasteiger partial charge is 0.251 e. The van der Waals surface area contributed by atoms with Crippen molar-refractivity contribution in [3.05, 3.63) is 42.0 Å². The fourth-order valence-corrected chi connectivity index (χ4v) is 3.86. The molecule has 1 saturated heterocycles. The lowest BCUT2D eigenvalue weighted by atomic mass is 10.2. The predicted molar refractivity (Wildman–Crippen MR) is 95.1 cm³/mol. The van der Waals surface area contributed by atoms with Gasteiger partial charge in [-0.2, -0.15) is 5.10 Å². The van der Waals surface area contributed by atoms with Crippen molar-refractivity contribution in [2.45, 2.75) is 23.8 Å². The summed E-state index contributed by atoms with van der Waals surface area (Å²) in [7, 11) is -1.96. The molecular weight excluding hydrogens is 356 g/mol. The average molecular weight is 378 g/mol. The third-order valence-corrected chi connectivity index (χ3v) is 5.71. The first-order valence-electron chi connectivity index (χ1n) is 8.40. The summed E-state index contributed by atoms with van der Waals surface area (Å²) in [6, 6.07) is 6.11. The number of carbonyl (C=O) groups is 1. The van der Waals surface area contributed by atoms with Crippen LogP contribution in [0.15, 0.2) is 35.5 Å². The van der Waals surface area contributed by atoms with Crippen LogP contribution >= 0.6 is 0 Å². The molecule has 9 nitrogen and oxygen atoms in total. The number of aromatic nitrogens is 3. The zero-order chi connectivity index (χ0) is 18.6. The first-order chi connectivity index (χ1) is 12.5.